The lowest BCUT2D eigenvalue weighted by molar-refractivity contribution is -0.137. The molecule has 0 spiro atoms. The van der Waals surface area contributed by atoms with Crippen molar-refractivity contribution < 1.29 is 31.1 Å². The van der Waals surface area contributed by atoms with Crippen molar-refractivity contribution in [3.05, 3.63) is 48.0 Å². The summed E-state index contributed by atoms with van der Waals surface area (Å²) < 4.78 is 74.7. The summed E-state index contributed by atoms with van der Waals surface area (Å²) in [6.07, 6.45) is -4.54. The molecule has 0 saturated carbocycles. The van der Waals surface area contributed by atoms with Gasteiger partial charge in [-0.2, -0.15) is 13.2 Å². The van der Waals surface area contributed by atoms with Gasteiger partial charge in [0.25, 0.3) is 10.0 Å². The van der Waals surface area contributed by atoms with Crippen LogP contribution in [-0.4, -0.2) is 22.6 Å². The molecule has 0 heterocycles. The van der Waals surface area contributed by atoms with Gasteiger partial charge in [-0.15, -0.1) is 0 Å². The smallest absolute Gasteiger partial charge is 0.416 e. The number of sulfonamides is 1. The third-order valence-electron chi connectivity index (χ3n) is 3.14. The van der Waals surface area contributed by atoms with Crippen LogP contribution in [0.5, 0.6) is 11.5 Å². The number of anilines is 1. The summed E-state index contributed by atoms with van der Waals surface area (Å²) >= 11 is 0. The molecule has 0 bridgehead atoms. The molecule has 2 aromatic carbocycles. The number of hydrogen-bond acceptors (Lipinski definition) is 4. The fraction of sp³-hybridized carbons (Fsp3) is 0.200. The van der Waals surface area contributed by atoms with Crippen molar-refractivity contribution in [2.45, 2.75) is 11.1 Å². The van der Waals surface area contributed by atoms with Crippen LogP contribution >= 0.6 is 0 Å². The van der Waals surface area contributed by atoms with Crippen LogP contribution in [0.1, 0.15) is 5.56 Å². The van der Waals surface area contributed by atoms with E-state index >= 15 is 0 Å². The molecule has 0 atom stereocenters. The molecule has 130 valence electrons. The number of ether oxygens (including phenoxy) is 2. The Hall–Kier alpha value is -2.42. The van der Waals surface area contributed by atoms with Crippen molar-refractivity contribution in [1.82, 2.24) is 0 Å². The van der Waals surface area contributed by atoms with E-state index in [2.05, 4.69) is 4.72 Å². The molecule has 2 aromatic rings. The van der Waals surface area contributed by atoms with Crippen LogP contribution in [0.2, 0.25) is 0 Å². The molecule has 24 heavy (non-hydrogen) atoms. The lowest BCUT2D eigenvalue weighted by atomic mass is 10.2. The third kappa shape index (κ3) is 3.91. The zero-order valence-corrected chi connectivity index (χ0v) is 13.5. The van der Waals surface area contributed by atoms with E-state index in [1.54, 1.807) is 6.07 Å². The van der Waals surface area contributed by atoms with Gasteiger partial charge in [0.05, 0.1) is 30.4 Å². The van der Waals surface area contributed by atoms with Gasteiger partial charge in [0.2, 0.25) is 0 Å². The van der Waals surface area contributed by atoms with E-state index in [1.165, 1.54) is 26.4 Å². The van der Waals surface area contributed by atoms with Gasteiger partial charge >= 0.3 is 6.18 Å². The molecule has 0 saturated heterocycles. The third-order valence-corrected chi connectivity index (χ3v) is 4.52. The summed E-state index contributed by atoms with van der Waals surface area (Å²) in [6.45, 7) is 0. The maximum absolute atomic E-state index is 12.5. The maximum atomic E-state index is 12.5. The van der Waals surface area contributed by atoms with Crippen molar-refractivity contribution in [2.24, 2.45) is 0 Å². The Labute approximate surface area is 137 Å². The summed E-state index contributed by atoms with van der Waals surface area (Å²) in [7, 11) is -1.31. The highest BCUT2D eigenvalue weighted by atomic mass is 32.2. The average molecular weight is 361 g/mol. The Kier molecular flexibility index (Phi) is 4.93. The SMILES string of the molecule is COc1ccc(OC)c(NS(=O)(=O)c2ccc(C(F)(F)F)cc2)c1. The topological polar surface area (TPSA) is 64.6 Å². The van der Waals surface area contributed by atoms with E-state index < -0.39 is 21.8 Å². The minimum absolute atomic E-state index is 0.108. The van der Waals surface area contributed by atoms with E-state index in [0.717, 1.165) is 12.1 Å². The minimum atomic E-state index is -4.54. The molecule has 0 aliphatic rings. The van der Waals surface area contributed by atoms with Crippen molar-refractivity contribution in [3.8, 4) is 11.5 Å². The fourth-order valence-corrected chi connectivity index (χ4v) is 2.98. The number of halogens is 3. The van der Waals surface area contributed by atoms with Gasteiger partial charge in [-0.05, 0) is 36.4 Å². The molecular formula is C15H14F3NO4S. The number of hydrogen-bond donors (Lipinski definition) is 1. The predicted octanol–water partition coefficient (Wildman–Crippen LogP) is 3.52. The number of rotatable bonds is 5. The number of nitrogens with one attached hydrogen (secondary N) is 1. The standard InChI is InChI=1S/C15H14F3NO4S/c1-22-11-5-8-14(23-2)13(9-11)19-24(20,21)12-6-3-10(4-7-12)15(16,17)18/h3-9,19H,1-2H3. The second-order valence-electron chi connectivity index (χ2n) is 4.69. The second kappa shape index (κ2) is 6.60. The van der Waals surface area contributed by atoms with E-state index in [9.17, 15) is 21.6 Å². The van der Waals surface area contributed by atoms with E-state index in [-0.39, 0.29) is 16.3 Å². The Balaban J connectivity index is 2.35. The van der Waals surface area contributed by atoms with Gasteiger partial charge in [-0.3, -0.25) is 4.72 Å². The highest BCUT2D eigenvalue weighted by molar-refractivity contribution is 7.92. The van der Waals surface area contributed by atoms with Crippen molar-refractivity contribution in [3.63, 3.8) is 0 Å². The van der Waals surface area contributed by atoms with Crippen LogP contribution < -0.4 is 14.2 Å². The molecule has 0 amide bonds. The molecule has 0 unspecified atom stereocenters. The first-order chi connectivity index (χ1) is 11.2. The van der Waals surface area contributed by atoms with Gasteiger partial charge in [0.15, 0.2) is 0 Å². The summed E-state index contributed by atoms with van der Waals surface area (Å²) in [5.74, 6) is 0.632. The van der Waals surface area contributed by atoms with Crippen LogP contribution in [0.4, 0.5) is 18.9 Å². The highest BCUT2D eigenvalue weighted by Crippen LogP contribution is 2.32. The Morgan fingerprint density at radius 3 is 2.08 bits per heavy atom. The van der Waals surface area contributed by atoms with Crippen molar-refractivity contribution in [1.29, 1.82) is 0 Å². The lowest BCUT2D eigenvalue weighted by Gasteiger charge is -2.13. The van der Waals surface area contributed by atoms with E-state index in [4.69, 9.17) is 9.47 Å². The van der Waals surface area contributed by atoms with Gasteiger partial charge in [0.1, 0.15) is 11.5 Å². The molecule has 0 aliphatic carbocycles. The van der Waals surface area contributed by atoms with Crippen LogP contribution in [0.25, 0.3) is 0 Å². The lowest BCUT2D eigenvalue weighted by Crippen LogP contribution is -2.14. The first-order valence-corrected chi connectivity index (χ1v) is 8.08. The Morgan fingerprint density at radius 1 is 0.958 bits per heavy atom. The van der Waals surface area contributed by atoms with Crippen molar-refractivity contribution in [2.75, 3.05) is 18.9 Å². The van der Waals surface area contributed by atoms with Crippen LogP contribution in [-0.2, 0) is 16.2 Å². The fourth-order valence-electron chi connectivity index (χ4n) is 1.92. The van der Waals surface area contributed by atoms with Gasteiger partial charge in [-0.25, -0.2) is 8.42 Å². The molecule has 9 heteroatoms. The van der Waals surface area contributed by atoms with E-state index in [0.29, 0.717) is 17.9 Å². The molecule has 0 aliphatic heterocycles. The zero-order chi connectivity index (χ0) is 18.0. The van der Waals surface area contributed by atoms with Crippen molar-refractivity contribution >= 4 is 15.7 Å². The normalized spacial score (nSPS) is 11.9. The molecular weight excluding hydrogens is 347 g/mol. The van der Waals surface area contributed by atoms with Crippen LogP contribution in [0.15, 0.2) is 47.4 Å². The van der Waals surface area contributed by atoms with Gasteiger partial charge in [-0.1, -0.05) is 0 Å². The van der Waals surface area contributed by atoms with Crippen LogP contribution in [0, 0.1) is 0 Å². The highest BCUT2D eigenvalue weighted by Gasteiger charge is 2.30. The summed E-state index contributed by atoms with van der Waals surface area (Å²) in [5.41, 5.74) is -0.822. The van der Waals surface area contributed by atoms with E-state index in [1.807, 2.05) is 0 Å². The molecule has 0 radical (unpaired) electrons. The number of benzene rings is 2. The first kappa shape index (κ1) is 17.9. The molecule has 0 fully saturated rings. The van der Waals surface area contributed by atoms with Gasteiger partial charge in [0, 0.05) is 6.07 Å². The second-order valence-corrected chi connectivity index (χ2v) is 6.38. The summed E-state index contributed by atoms with van der Waals surface area (Å²) in [6, 6.07) is 7.67. The summed E-state index contributed by atoms with van der Waals surface area (Å²) in [4.78, 5) is -0.305. The number of alkyl halides is 3. The quantitative estimate of drug-likeness (QED) is 0.885. The maximum Gasteiger partial charge on any atom is 0.416 e. The first-order valence-electron chi connectivity index (χ1n) is 6.59. The zero-order valence-electron chi connectivity index (χ0n) is 12.7. The predicted molar refractivity (Wildman–Crippen MR) is 81.8 cm³/mol. The van der Waals surface area contributed by atoms with Crippen LogP contribution in [0.3, 0.4) is 0 Å². The van der Waals surface area contributed by atoms with Gasteiger partial charge < -0.3 is 9.47 Å². The molecule has 5 nitrogen and oxygen atoms in total. The molecule has 1 N–H and O–H groups in total. The Bertz CT molecular complexity index is 818. The molecule has 2 rings (SSSR count). The minimum Gasteiger partial charge on any atom is -0.497 e. The average Bonchev–Trinajstić information content (AvgIpc) is 2.53. The molecule has 0 aromatic heterocycles. The summed E-state index contributed by atoms with van der Waals surface area (Å²) in [5, 5.41) is 0. The monoisotopic (exact) mass is 361 g/mol. The Morgan fingerprint density at radius 2 is 1.58 bits per heavy atom. The largest absolute Gasteiger partial charge is 0.497 e. The number of methoxy groups -OCH3 is 2.